The first kappa shape index (κ1) is 11.9. The molecule has 0 aromatic rings. The van der Waals surface area contributed by atoms with Gasteiger partial charge in [0.1, 0.15) is 16.5 Å². The summed E-state index contributed by atoms with van der Waals surface area (Å²) in [5.41, 5.74) is 0. The van der Waals surface area contributed by atoms with Crippen molar-refractivity contribution in [3.8, 4) is 0 Å². The second-order valence-corrected chi connectivity index (χ2v) is 16.9. The van der Waals surface area contributed by atoms with E-state index in [-0.39, 0.29) is 0 Å². The molecule has 1 atom stereocenters. The third-order valence-corrected chi connectivity index (χ3v) is 13.9. The number of rotatable bonds is 2. The lowest BCUT2D eigenvalue weighted by molar-refractivity contribution is 0.625. The van der Waals surface area contributed by atoms with E-state index in [1.54, 1.807) is 0 Å². The van der Waals surface area contributed by atoms with E-state index in [1.807, 2.05) is 0 Å². The Morgan fingerprint density at radius 1 is 1.15 bits per heavy atom. The lowest BCUT2D eigenvalue weighted by Crippen LogP contribution is -2.56. The molecule has 0 N–H and O–H groups in total. The van der Waals surface area contributed by atoms with Crippen LogP contribution in [0, 0.1) is 0 Å². The third-order valence-electron chi connectivity index (χ3n) is 3.24. The zero-order valence-corrected chi connectivity index (χ0v) is 13.1. The highest BCUT2D eigenvalue weighted by molar-refractivity contribution is 9.09. The normalized spacial score (nSPS) is 29.1. The SMILES string of the molecule is CC(Br)CN1[Si](C)(C)CC[Si]1(C)C. The van der Waals surface area contributed by atoms with E-state index in [4.69, 9.17) is 0 Å². The van der Waals surface area contributed by atoms with Gasteiger partial charge >= 0.3 is 0 Å². The maximum atomic E-state index is 3.69. The Kier molecular flexibility index (Phi) is 3.49. The summed E-state index contributed by atoms with van der Waals surface area (Å²) in [7, 11) is -2.01. The van der Waals surface area contributed by atoms with E-state index >= 15 is 0 Å². The van der Waals surface area contributed by atoms with Gasteiger partial charge < -0.3 is 4.23 Å². The summed E-state index contributed by atoms with van der Waals surface area (Å²) in [6.45, 7) is 13.7. The lowest BCUT2D eigenvalue weighted by atomic mass is 10.5. The summed E-state index contributed by atoms with van der Waals surface area (Å²) >= 11 is 3.69. The Hall–Kier alpha value is 0.874. The van der Waals surface area contributed by atoms with Gasteiger partial charge in [0.15, 0.2) is 0 Å². The van der Waals surface area contributed by atoms with Crippen LogP contribution in [-0.4, -0.2) is 32.1 Å². The molecule has 1 aliphatic rings. The Balaban J connectivity index is 2.75. The Morgan fingerprint density at radius 2 is 1.54 bits per heavy atom. The average Bonchev–Trinajstić information content (AvgIpc) is 2.12. The van der Waals surface area contributed by atoms with Crippen LogP contribution in [0.5, 0.6) is 0 Å². The Morgan fingerprint density at radius 3 is 1.85 bits per heavy atom. The van der Waals surface area contributed by atoms with Gasteiger partial charge in [-0.2, -0.15) is 0 Å². The topological polar surface area (TPSA) is 3.24 Å². The van der Waals surface area contributed by atoms with E-state index in [1.165, 1.54) is 18.6 Å². The van der Waals surface area contributed by atoms with Gasteiger partial charge in [0.25, 0.3) is 0 Å². The standard InChI is InChI=1S/C9H22BrNSi2/c1-9(10)8-11-12(2,3)6-7-13(11,4)5/h9H,6-8H2,1-5H3. The van der Waals surface area contributed by atoms with E-state index in [9.17, 15) is 0 Å². The van der Waals surface area contributed by atoms with Crippen molar-refractivity contribution in [2.24, 2.45) is 0 Å². The molecule has 0 spiro atoms. The summed E-state index contributed by atoms with van der Waals surface area (Å²) < 4.78 is 2.92. The van der Waals surface area contributed by atoms with Crippen molar-refractivity contribution in [2.45, 2.75) is 50.0 Å². The van der Waals surface area contributed by atoms with Crippen LogP contribution in [0.3, 0.4) is 0 Å². The summed E-state index contributed by atoms with van der Waals surface area (Å²) in [6.07, 6.45) is 0. The number of nitrogens with zero attached hydrogens (tertiary/aromatic N) is 1. The van der Waals surface area contributed by atoms with E-state index in [0.29, 0.717) is 4.83 Å². The average molecular weight is 280 g/mol. The molecule has 78 valence electrons. The number of alkyl halides is 1. The second-order valence-electron chi connectivity index (χ2n) is 5.52. The summed E-state index contributed by atoms with van der Waals surface area (Å²) in [5, 5.41) is 0. The molecule has 4 heteroatoms. The lowest BCUT2D eigenvalue weighted by Gasteiger charge is -2.39. The smallest absolute Gasteiger partial charge is 0.115 e. The molecule has 1 saturated heterocycles. The van der Waals surface area contributed by atoms with Gasteiger partial charge in [0.2, 0.25) is 0 Å². The van der Waals surface area contributed by atoms with Crippen molar-refractivity contribution in [2.75, 3.05) is 6.54 Å². The predicted molar refractivity (Wildman–Crippen MR) is 69.7 cm³/mol. The molecule has 0 radical (unpaired) electrons. The Bertz CT molecular complexity index is 176. The minimum Gasteiger partial charge on any atom is -0.344 e. The molecule has 0 aliphatic carbocycles. The molecule has 0 bridgehead atoms. The Labute approximate surface area is 93.2 Å². The minimum atomic E-state index is -1.00. The number of hydrogen-bond acceptors (Lipinski definition) is 1. The van der Waals surface area contributed by atoms with Crippen molar-refractivity contribution < 1.29 is 0 Å². The van der Waals surface area contributed by atoms with Crippen molar-refractivity contribution in [1.29, 1.82) is 0 Å². The molecule has 1 heterocycles. The van der Waals surface area contributed by atoms with Gasteiger partial charge in [-0.15, -0.1) is 0 Å². The molecule has 0 aromatic carbocycles. The minimum absolute atomic E-state index is 0.657. The van der Waals surface area contributed by atoms with Gasteiger partial charge in [0.05, 0.1) is 0 Å². The molecule has 0 aromatic heterocycles. The number of hydrogen-bond donors (Lipinski definition) is 0. The zero-order chi connectivity index (χ0) is 10.3. The van der Waals surface area contributed by atoms with Gasteiger partial charge in [0, 0.05) is 4.83 Å². The van der Waals surface area contributed by atoms with Crippen LogP contribution in [0.1, 0.15) is 6.92 Å². The van der Waals surface area contributed by atoms with Crippen LogP contribution in [0.25, 0.3) is 0 Å². The molecular formula is C9H22BrNSi2. The summed E-state index contributed by atoms with van der Waals surface area (Å²) in [5.74, 6) is 0. The molecule has 0 amide bonds. The maximum Gasteiger partial charge on any atom is 0.115 e. The fourth-order valence-electron chi connectivity index (χ4n) is 2.45. The molecule has 1 aliphatic heterocycles. The second kappa shape index (κ2) is 3.79. The fourth-order valence-corrected chi connectivity index (χ4v) is 17.5. The van der Waals surface area contributed by atoms with Crippen LogP contribution >= 0.6 is 15.9 Å². The molecule has 13 heavy (non-hydrogen) atoms. The van der Waals surface area contributed by atoms with Gasteiger partial charge in [-0.25, -0.2) is 0 Å². The highest BCUT2D eigenvalue weighted by Crippen LogP contribution is 2.37. The largest absolute Gasteiger partial charge is 0.344 e. The van der Waals surface area contributed by atoms with Gasteiger partial charge in [-0.1, -0.05) is 49.0 Å². The maximum absolute atomic E-state index is 3.69. The van der Waals surface area contributed by atoms with Crippen LogP contribution in [-0.2, 0) is 0 Å². The van der Waals surface area contributed by atoms with E-state index in [2.05, 4.69) is 53.3 Å². The van der Waals surface area contributed by atoms with Crippen molar-refractivity contribution in [3.63, 3.8) is 0 Å². The molecule has 1 rings (SSSR count). The third kappa shape index (κ3) is 2.67. The van der Waals surface area contributed by atoms with Crippen molar-refractivity contribution in [3.05, 3.63) is 0 Å². The van der Waals surface area contributed by atoms with E-state index in [0.717, 1.165) is 0 Å². The van der Waals surface area contributed by atoms with Crippen LogP contribution in [0.2, 0.25) is 38.3 Å². The van der Waals surface area contributed by atoms with Gasteiger partial charge in [-0.05, 0) is 18.6 Å². The van der Waals surface area contributed by atoms with Gasteiger partial charge in [-0.3, -0.25) is 0 Å². The van der Waals surface area contributed by atoms with Crippen LogP contribution < -0.4 is 0 Å². The molecule has 0 saturated carbocycles. The highest BCUT2D eigenvalue weighted by Gasteiger charge is 2.46. The quantitative estimate of drug-likeness (QED) is 0.553. The molecule has 1 nitrogen and oxygen atoms in total. The monoisotopic (exact) mass is 279 g/mol. The zero-order valence-electron chi connectivity index (χ0n) is 9.52. The van der Waals surface area contributed by atoms with Crippen LogP contribution in [0.4, 0.5) is 0 Å². The van der Waals surface area contributed by atoms with E-state index < -0.39 is 16.5 Å². The summed E-state index contributed by atoms with van der Waals surface area (Å²) in [6, 6.07) is 3.04. The first-order valence-electron chi connectivity index (χ1n) is 5.17. The van der Waals surface area contributed by atoms with Crippen LogP contribution in [0.15, 0.2) is 0 Å². The first-order valence-corrected chi connectivity index (χ1v) is 12.4. The number of halogens is 1. The molecular weight excluding hydrogens is 258 g/mol. The highest BCUT2D eigenvalue weighted by atomic mass is 79.9. The molecule has 1 unspecified atom stereocenters. The van der Waals surface area contributed by atoms with Crippen molar-refractivity contribution >= 4 is 32.4 Å². The fraction of sp³-hybridized carbons (Fsp3) is 1.00. The summed E-state index contributed by atoms with van der Waals surface area (Å²) in [4.78, 5) is 0.657. The predicted octanol–water partition coefficient (Wildman–Crippen LogP) is 3.50. The van der Waals surface area contributed by atoms with Crippen molar-refractivity contribution in [1.82, 2.24) is 4.23 Å². The molecule has 1 fully saturated rings. The first-order chi connectivity index (χ1) is 5.76.